The van der Waals surface area contributed by atoms with Gasteiger partial charge >= 0.3 is 6.18 Å². The molecule has 146 valence electrons. The Kier molecular flexibility index (Phi) is 5.41. The third-order valence-corrected chi connectivity index (χ3v) is 4.47. The fraction of sp³-hybridized carbons (Fsp3) is 0.444. The van der Waals surface area contributed by atoms with Gasteiger partial charge in [-0.25, -0.2) is 9.97 Å². The van der Waals surface area contributed by atoms with Gasteiger partial charge in [-0.1, -0.05) is 0 Å². The van der Waals surface area contributed by atoms with E-state index in [-0.39, 0.29) is 0 Å². The lowest BCUT2D eigenvalue weighted by Gasteiger charge is -2.29. The van der Waals surface area contributed by atoms with Gasteiger partial charge in [-0.15, -0.1) is 0 Å². The molecule has 9 heteroatoms. The lowest BCUT2D eigenvalue weighted by Crippen LogP contribution is -2.32. The maximum absolute atomic E-state index is 12.8. The summed E-state index contributed by atoms with van der Waals surface area (Å²) in [6.45, 7) is 1.53. The molecule has 6 nitrogen and oxygen atoms in total. The van der Waals surface area contributed by atoms with E-state index in [1.807, 2.05) is 0 Å². The van der Waals surface area contributed by atoms with Crippen LogP contribution >= 0.6 is 0 Å². The van der Waals surface area contributed by atoms with Gasteiger partial charge in [-0.2, -0.15) is 13.2 Å². The monoisotopic (exact) mass is 383 g/mol. The topological polar surface area (TPSA) is 56.7 Å². The first-order valence-electron chi connectivity index (χ1n) is 8.29. The van der Waals surface area contributed by atoms with Crippen molar-refractivity contribution in [1.29, 1.82) is 0 Å². The third kappa shape index (κ3) is 4.08. The molecule has 0 atom stereocenters. The summed E-state index contributed by atoms with van der Waals surface area (Å²) in [5.41, 5.74) is 1.99. The second-order valence-electron chi connectivity index (χ2n) is 6.13. The normalized spacial score (nSPS) is 14.6. The first kappa shape index (κ1) is 19.2. The molecular weight excluding hydrogens is 363 g/mol. The van der Waals surface area contributed by atoms with Crippen LogP contribution in [0.4, 0.5) is 13.2 Å². The van der Waals surface area contributed by atoms with Gasteiger partial charge in [0.25, 0.3) is 0 Å². The molecule has 1 aromatic carbocycles. The van der Waals surface area contributed by atoms with E-state index in [0.717, 1.165) is 5.56 Å². The number of halogens is 3. The van der Waals surface area contributed by atoms with Crippen LogP contribution in [-0.4, -0.2) is 42.7 Å². The van der Waals surface area contributed by atoms with Gasteiger partial charge in [0.05, 0.1) is 32.6 Å². The summed E-state index contributed by atoms with van der Waals surface area (Å²) < 4.78 is 54.5. The molecule has 3 rings (SSSR count). The summed E-state index contributed by atoms with van der Waals surface area (Å²) in [6, 6.07) is 3.54. The van der Waals surface area contributed by atoms with E-state index >= 15 is 0 Å². The quantitative estimate of drug-likeness (QED) is 0.791. The van der Waals surface area contributed by atoms with Crippen molar-refractivity contribution in [3.63, 3.8) is 0 Å². The summed E-state index contributed by atoms with van der Waals surface area (Å²) in [6.07, 6.45) is -2.85. The predicted molar refractivity (Wildman–Crippen MR) is 91.0 cm³/mol. The highest BCUT2D eigenvalue weighted by Gasteiger charge is 2.35. The average Bonchev–Trinajstić information content (AvgIpc) is 2.66. The van der Waals surface area contributed by atoms with Crippen LogP contribution in [0.1, 0.15) is 22.6 Å². The lowest BCUT2D eigenvalue weighted by molar-refractivity contribution is -0.145. The largest absolute Gasteiger partial charge is 0.496 e. The number of aromatic nitrogens is 2. The van der Waals surface area contributed by atoms with Crippen LogP contribution in [-0.2, 0) is 25.7 Å². The maximum Gasteiger partial charge on any atom is 0.451 e. The Labute approximate surface area is 154 Å². The van der Waals surface area contributed by atoms with Crippen molar-refractivity contribution >= 4 is 0 Å². The highest BCUT2D eigenvalue weighted by Crippen LogP contribution is 2.36. The molecule has 0 saturated carbocycles. The van der Waals surface area contributed by atoms with Gasteiger partial charge in [-0.05, 0) is 0 Å². The van der Waals surface area contributed by atoms with Crippen LogP contribution < -0.4 is 14.2 Å². The summed E-state index contributed by atoms with van der Waals surface area (Å²) in [5.74, 6) is 0.777. The van der Waals surface area contributed by atoms with E-state index < -0.39 is 12.0 Å². The van der Waals surface area contributed by atoms with Crippen LogP contribution in [0.15, 0.2) is 18.3 Å². The van der Waals surface area contributed by atoms with Crippen LogP contribution in [0.5, 0.6) is 17.2 Å². The molecule has 0 radical (unpaired) electrons. The fourth-order valence-corrected chi connectivity index (χ4v) is 3.10. The molecule has 0 unspecified atom stereocenters. The van der Waals surface area contributed by atoms with E-state index in [1.54, 1.807) is 33.5 Å². The SMILES string of the molecule is COc1cc(OC)c(CN2CCc3nc(C(F)(F)F)ncc3C2)c(OC)c1. The molecule has 2 heterocycles. The van der Waals surface area contributed by atoms with Gasteiger partial charge in [0.2, 0.25) is 5.82 Å². The number of ether oxygens (including phenoxy) is 3. The number of nitrogens with zero attached hydrogens (tertiary/aromatic N) is 3. The van der Waals surface area contributed by atoms with Crippen molar-refractivity contribution in [2.24, 2.45) is 0 Å². The zero-order valence-corrected chi connectivity index (χ0v) is 15.3. The molecule has 0 aliphatic carbocycles. The third-order valence-electron chi connectivity index (χ3n) is 4.47. The molecular formula is C18H20F3N3O3. The van der Waals surface area contributed by atoms with Gasteiger partial charge in [0.1, 0.15) is 17.2 Å². The first-order valence-corrected chi connectivity index (χ1v) is 8.29. The fourth-order valence-electron chi connectivity index (χ4n) is 3.10. The average molecular weight is 383 g/mol. The van der Waals surface area contributed by atoms with E-state index in [2.05, 4.69) is 14.9 Å². The minimum absolute atomic E-state index is 0.418. The second-order valence-corrected chi connectivity index (χ2v) is 6.13. The highest BCUT2D eigenvalue weighted by atomic mass is 19.4. The van der Waals surface area contributed by atoms with E-state index in [4.69, 9.17) is 14.2 Å². The number of hydrogen-bond acceptors (Lipinski definition) is 6. The second kappa shape index (κ2) is 7.59. The molecule has 0 fully saturated rings. The van der Waals surface area contributed by atoms with Crippen molar-refractivity contribution in [2.75, 3.05) is 27.9 Å². The minimum Gasteiger partial charge on any atom is -0.496 e. The Morgan fingerprint density at radius 3 is 2.30 bits per heavy atom. The van der Waals surface area contributed by atoms with Gasteiger partial charge in [0, 0.05) is 49.9 Å². The first-order chi connectivity index (χ1) is 12.9. The zero-order chi connectivity index (χ0) is 19.6. The number of alkyl halides is 3. The van der Waals surface area contributed by atoms with Crippen molar-refractivity contribution in [2.45, 2.75) is 25.7 Å². The molecule has 0 bridgehead atoms. The molecule has 0 spiro atoms. The van der Waals surface area contributed by atoms with Gasteiger partial charge < -0.3 is 14.2 Å². The Hall–Kier alpha value is -2.55. The molecule has 2 aromatic rings. The number of benzene rings is 1. The number of hydrogen-bond donors (Lipinski definition) is 0. The maximum atomic E-state index is 12.8. The molecule has 0 saturated heterocycles. The Bertz CT molecular complexity index is 802. The zero-order valence-electron chi connectivity index (χ0n) is 15.3. The minimum atomic E-state index is -4.53. The van der Waals surface area contributed by atoms with Crippen molar-refractivity contribution in [1.82, 2.24) is 14.9 Å². The number of rotatable bonds is 5. The van der Waals surface area contributed by atoms with Crippen molar-refractivity contribution in [3.8, 4) is 17.2 Å². The van der Waals surface area contributed by atoms with E-state index in [9.17, 15) is 13.2 Å². The molecule has 0 N–H and O–H groups in total. The van der Waals surface area contributed by atoms with Crippen LogP contribution in [0.25, 0.3) is 0 Å². The van der Waals surface area contributed by atoms with Crippen LogP contribution in [0.3, 0.4) is 0 Å². The number of methoxy groups -OCH3 is 3. The standard InChI is InChI=1S/C18H20F3N3O3/c1-25-12-6-15(26-2)13(16(7-12)27-3)10-24-5-4-14-11(9-24)8-22-17(23-14)18(19,20)21/h6-8H,4-5,9-10H2,1-3H3. The Morgan fingerprint density at radius 2 is 1.74 bits per heavy atom. The molecule has 27 heavy (non-hydrogen) atoms. The Morgan fingerprint density at radius 1 is 1.07 bits per heavy atom. The van der Waals surface area contributed by atoms with E-state index in [1.165, 1.54) is 6.20 Å². The molecule has 1 aliphatic rings. The summed E-state index contributed by atoms with van der Waals surface area (Å²) >= 11 is 0. The summed E-state index contributed by atoms with van der Waals surface area (Å²) in [4.78, 5) is 9.24. The number of fused-ring (bicyclic) bond motifs is 1. The Balaban J connectivity index is 1.83. The summed E-state index contributed by atoms with van der Waals surface area (Å²) in [7, 11) is 4.69. The van der Waals surface area contributed by atoms with Crippen LogP contribution in [0, 0.1) is 0 Å². The van der Waals surface area contributed by atoms with Gasteiger partial charge in [0.15, 0.2) is 0 Å². The summed E-state index contributed by atoms with van der Waals surface area (Å²) in [5, 5.41) is 0. The van der Waals surface area contributed by atoms with E-state index in [0.29, 0.717) is 54.6 Å². The lowest BCUT2D eigenvalue weighted by atomic mass is 10.1. The molecule has 0 amide bonds. The van der Waals surface area contributed by atoms with Gasteiger partial charge in [-0.3, -0.25) is 4.90 Å². The predicted octanol–water partition coefficient (Wildman–Crippen LogP) is 3.08. The van der Waals surface area contributed by atoms with Crippen LogP contribution in [0.2, 0.25) is 0 Å². The molecule has 1 aliphatic heterocycles. The highest BCUT2D eigenvalue weighted by molar-refractivity contribution is 5.50. The smallest absolute Gasteiger partial charge is 0.451 e. The molecule has 1 aromatic heterocycles. The van der Waals surface area contributed by atoms with Crippen molar-refractivity contribution in [3.05, 3.63) is 41.0 Å². The van der Waals surface area contributed by atoms with Crippen molar-refractivity contribution < 1.29 is 27.4 Å².